The molecule has 0 aliphatic carbocycles. The molecule has 0 aliphatic rings. The molecule has 0 saturated carbocycles. The maximum Gasteiger partial charge on any atom is 0.227 e. The monoisotopic (exact) mass is 281 g/mol. The van der Waals surface area contributed by atoms with Crippen LogP contribution in [0.4, 0.5) is 11.5 Å². The molecule has 0 spiro atoms. The van der Waals surface area contributed by atoms with Crippen LogP contribution in [0.3, 0.4) is 0 Å². The number of anilines is 2. The molecule has 0 aliphatic heterocycles. The number of aryl methyl sites for hydroxylation is 1. The molecule has 21 heavy (non-hydrogen) atoms. The fourth-order valence-electron chi connectivity index (χ4n) is 1.70. The molecule has 6 heteroatoms. The minimum Gasteiger partial charge on any atom is -0.383 e. The van der Waals surface area contributed by atoms with Crippen LogP contribution in [0, 0.1) is 18.3 Å². The normalized spacial score (nSPS) is 9.71. The van der Waals surface area contributed by atoms with Crippen molar-refractivity contribution in [2.24, 2.45) is 0 Å². The standard InChI is InChI=1S/C15H15N5O/c1-11-3-2-4-14(19-11)20-15(21)7-8-17-13-6-5-12(9-16)18-10-13/h2-6,10,17H,7-8H2,1H3,(H,19,20,21). The molecule has 0 fully saturated rings. The van der Waals surface area contributed by atoms with Crippen molar-refractivity contribution < 1.29 is 4.79 Å². The number of nitriles is 1. The number of nitrogens with zero attached hydrogens (tertiary/aromatic N) is 3. The van der Waals surface area contributed by atoms with Crippen molar-refractivity contribution in [3.8, 4) is 6.07 Å². The van der Waals surface area contributed by atoms with Gasteiger partial charge < -0.3 is 10.6 Å². The molecule has 0 radical (unpaired) electrons. The minimum absolute atomic E-state index is 0.109. The van der Waals surface area contributed by atoms with E-state index >= 15 is 0 Å². The minimum atomic E-state index is -0.109. The van der Waals surface area contributed by atoms with Gasteiger partial charge in [0, 0.05) is 18.7 Å². The third kappa shape index (κ3) is 4.58. The van der Waals surface area contributed by atoms with Crippen LogP contribution >= 0.6 is 0 Å². The van der Waals surface area contributed by atoms with Gasteiger partial charge in [0.05, 0.1) is 11.9 Å². The van der Waals surface area contributed by atoms with Gasteiger partial charge in [0.25, 0.3) is 0 Å². The van der Waals surface area contributed by atoms with Crippen molar-refractivity contribution in [1.82, 2.24) is 9.97 Å². The van der Waals surface area contributed by atoms with E-state index in [0.29, 0.717) is 24.5 Å². The smallest absolute Gasteiger partial charge is 0.227 e. The number of carbonyl (C=O) groups is 1. The van der Waals surface area contributed by atoms with E-state index in [1.807, 2.05) is 25.1 Å². The van der Waals surface area contributed by atoms with Gasteiger partial charge in [0.2, 0.25) is 5.91 Å². The zero-order valence-electron chi connectivity index (χ0n) is 11.6. The summed E-state index contributed by atoms with van der Waals surface area (Å²) in [6.45, 7) is 2.35. The molecule has 1 amide bonds. The Hall–Kier alpha value is -2.94. The zero-order chi connectivity index (χ0) is 15.1. The average molecular weight is 281 g/mol. The third-order valence-electron chi connectivity index (χ3n) is 2.72. The van der Waals surface area contributed by atoms with Crippen LogP contribution in [-0.4, -0.2) is 22.4 Å². The Morgan fingerprint density at radius 2 is 2.19 bits per heavy atom. The summed E-state index contributed by atoms with van der Waals surface area (Å²) in [7, 11) is 0. The van der Waals surface area contributed by atoms with Crippen LogP contribution in [0.5, 0.6) is 0 Å². The highest BCUT2D eigenvalue weighted by atomic mass is 16.1. The molecule has 0 aromatic carbocycles. The molecule has 0 bridgehead atoms. The van der Waals surface area contributed by atoms with E-state index in [1.165, 1.54) is 0 Å². The van der Waals surface area contributed by atoms with Gasteiger partial charge in [-0.15, -0.1) is 0 Å². The molecule has 0 saturated heterocycles. The summed E-state index contributed by atoms with van der Waals surface area (Å²) < 4.78 is 0. The van der Waals surface area contributed by atoms with Gasteiger partial charge in [-0.25, -0.2) is 9.97 Å². The largest absolute Gasteiger partial charge is 0.383 e. The Morgan fingerprint density at radius 3 is 2.86 bits per heavy atom. The molecular weight excluding hydrogens is 266 g/mol. The van der Waals surface area contributed by atoms with Crippen LogP contribution in [0.15, 0.2) is 36.5 Å². The van der Waals surface area contributed by atoms with Crippen molar-refractivity contribution >= 4 is 17.4 Å². The Bertz CT molecular complexity index is 661. The number of rotatable bonds is 5. The van der Waals surface area contributed by atoms with E-state index in [0.717, 1.165) is 11.4 Å². The number of carbonyl (C=O) groups excluding carboxylic acids is 1. The van der Waals surface area contributed by atoms with Gasteiger partial charge in [-0.1, -0.05) is 6.07 Å². The predicted molar refractivity (Wildman–Crippen MR) is 79.7 cm³/mol. The van der Waals surface area contributed by atoms with Crippen molar-refractivity contribution in [1.29, 1.82) is 5.26 Å². The van der Waals surface area contributed by atoms with Gasteiger partial charge in [0.15, 0.2) is 0 Å². The lowest BCUT2D eigenvalue weighted by Gasteiger charge is -2.07. The Balaban J connectivity index is 1.77. The van der Waals surface area contributed by atoms with Crippen LogP contribution in [0.25, 0.3) is 0 Å². The van der Waals surface area contributed by atoms with Crippen molar-refractivity contribution in [2.45, 2.75) is 13.3 Å². The Morgan fingerprint density at radius 1 is 1.33 bits per heavy atom. The fourth-order valence-corrected chi connectivity index (χ4v) is 1.70. The first kappa shape index (κ1) is 14.5. The van der Waals surface area contributed by atoms with Crippen LogP contribution < -0.4 is 10.6 Å². The number of nitrogens with one attached hydrogen (secondary N) is 2. The van der Waals surface area contributed by atoms with Gasteiger partial charge in [-0.3, -0.25) is 4.79 Å². The summed E-state index contributed by atoms with van der Waals surface area (Å²) in [5, 5.41) is 14.5. The summed E-state index contributed by atoms with van der Waals surface area (Å²) >= 11 is 0. The van der Waals surface area contributed by atoms with Crippen molar-refractivity contribution in [2.75, 3.05) is 17.2 Å². The molecular formula is C15H15N5O. The van der Waals surface area contributed by atoms with Gasteiger partial charge in [0.1, 0.15) is 17.6 Å². The van der Waals surface area contributed by atoms with Crippen molar-refractivity contribution in [3.63, 3.8) is 0 Å². The number of hydrogen-bond donors (Lipinski definition) is 2. The van der Waals surface area contributed by atoms with E-state index in [9.17, 15) is 4.79 Å². The van der Waals surface area contributed by atoms with Gasteiger partial charge in [-0.2, -0.15) is 5.26 Å². The van der Waals surface area contributed by atoms with E-state index in [1.54, 1.807) is 24.4 Å². The first-order valence-electron chi connectivity index (χ1n) is 6.51. The number of pyridine rings is 2. The molecule has 2 rings (SSSR count). The lowest BCUT2D eigenvalue weighted by Crippen LogP contribution is -2.17. The molecule has 2 aromatic rings. The fraction of sp³-hybridized carbons (Fsp3) is 0.200. The van der Waals surface area contributed by atoms with E-state index < -0.39 is 0 Å². The lowest BCUT2D eigenvalue weighted by molar-refractivity contribution is -0.116. The average Bonchev–Trinajstić information content (AvgIpc) is 2.48. The van der Waals surface area contributed by atoms with E-state index in [-0.39, 0.29) is 5.91 Å². The molecule has 6 nitrogen and oxygen atoms in total. The quantitative estimate of drug-likeness (QED) is 0.875. The maximum atomic E-state index is 11.8. The predicted octanol–water partition coefficient (Wildman–Crippen LogP) is 2.10. The highest BCUT2D eigenvalue weighted by molar-refractivity contribution is 5.90. The van der Waals surface area contributed by atoms with E-state index in [4.69, 9.17) is 5.26 Å². The molecule has 2 aromatic heterocycles. The number of hydrogen-bond acceptors (Lipinski definition) is 5. The molecule has 0 atom stereocenters. The summed E-state index contributed by atoms with van der Waals surface area (Å²) in [6, 6.07) is 10.8. The summed E-state index contributed by atoms with van der Waals surface area (Å²) in [5.41, 5.74) is 1.99. The summed E-state index contributed by atoms with van der Waals surface area (Å²) in [4.78, 5) is 19.9. The molecule has 2 N–H and O–H groups in total. The van der Waals surface area contributed by atoms with Crippen molar-refractivity contribution in [3.05, 3.63) is 47.9 Å². The van der Waals surface area contributed by atoms with Gasteiger partial charge in [-0.05, 0) is 31.2 Å². The second-order valence-electron chi connectivity index (χ2n) is 4.43. The maximum absolute atomic E-state index is 11.8. The lowest BCUT2D eigenvalue weighted by atomic mass is 10.3. The SMILES string of the molecule is Cc1cccc(NC(=O)CCNc2ccc(C#N)nc2)n1. The van der Waals surface area contributed by atoms with Crippen LogP contribution in [0.2, 0.25) is 0 Å². The summed E-state index contributed by atoms with van der Waals surface area (Å²) in [6.07, 6.45) is 1.88. The van der Waals surface area contributed by atoms with Gasteiger partial charge >= 0.3 is 0 Å². The second-order valence-corrected chi connectivity index (χ2v) is 4.43. The molecule has 106 valence electrons. The topological polar surface area (TPSA) is 90.7 Å². The number of amides is 1. The highest BCUT2D eigenvalue weighted by Gasteiger charge is 2.03. The zero-order valence-corrected chi connectivity index (χ0v) is 11.6. The first-order valence-corrected chi connectivity index (χ1v) is 6.51. The summed E-state index contributed by atoms with van der Waals surface area (Å²) in [5.74, 6) is 0.447. The second kappa shape index (κ2) is 7.01. The van der Waals surface area contributed by atoms with E-state index in [2.05, 4.69) is 20.6 Å². The molecule has 0 unspecified atom stereocenters. The Labute approximate surface area is 122 Å². The van der Waals surface area contributed by atoms with Crippen LogP contribution in [-0.2, 0) is 4.79 Å². The first-order chi connectivity index (χ1) is 10.2. The number of aromatic nitrogens is 2. The molecule has 2 heterocycles. The third-order valence-corrected chi connectivity index (χ3v) is 2.72. The highest BCUT2D eigenvalue weighted by Crippen LogP contribution is 2.07. The Kier molecular flexibility index (Phi) is 4.83. The van der Waals surface area contributed by atoms with Crippen LogP contribution in [0.1, 0.15) is 17.8 Å².